The monoisotopic (exact) mass is 291 g/mol. The number of amides is 1. The molecule has 0 radical (unpaired) electrons. The summed E-state index contributed by atoms with van der Waals surface area (Å²) in [7, 11) is 3.25. The fourth-order valence-electron chi connectivity index (χ4n) is 2.42. The minimum atomic E-state index is -0.446. The van der Waals surface area contributed by atoms with Gasteiger partial charge in [-0.25, -0.2) is 0 Å². The normalized spacial score (nSPS) is 14.4. The second kappa shape index (κ2) is 6.56. The molecule has 0 saturated heterocycles. The van der Waals surface area contributed by atoms with Gasteiger partial charge in [0.1, 0.15) is 5.69 Å². The molecule has 6 heteroatoms. The molecule has 0 heterocycles. The Balaban J connectivity index is 2.08. The molecule has 21 heavy (non-hydrogen) atoms. The number of benzene rings is 1. The molecular formula is C15H21N3O3. The largest absolute Gasteiger partial charge is 0.379 e. The zero-order valence-corrected chi connectivity index (χ0v) is 12.5. The molecule has 114 valence electrons. The summed E-state index contributed by atoms with van der Waals surface area (Å²) in [6.07, 6.45) is 4.86. The molecular weight excluding hydrogens is 270 g/mol. The van der Waals surface area contributed by atoms with E-state index in [0.29, 0.717) is 11.3 Å². The Morgan fingerprint density at radius 3 is 2.67 bits per heavy atom. The molecule has 6 nitrogen and oxygen atoms in total. The molecule has 2 rings (SSSR count). The van der Waals surface area contributed by atoms with Gasteiger partial charge in [-0.1, -0.05) is 19.3 Å². The van der Waals surface area contributed by atoms with E-state index in [9.17, 15) is 14.9 Å². The van der Waals surface area contributed by atoms with Crippen molar-refractivity contribution in [3.8, 4) is 0 Å². The van der Waals surface area contributed by atoms with Crippen molar-refractivity contribution in [2.75, 3.05) is 26.0 Å². The van der Waals surface area contributed by atoms with Crippen molar-refractivity contribution in [2.45, 2.75) is 25.7 Å². The molecule has 1 aromatic rings. The minimum Gasteiger partial charge on any atom is -0.379 e. The summed E-state index contributed by atoms with van der Waals surface area (Å²) in [5.74, 6) is 0.519. The first-order chi connectivity index (χ1) is 9.99. The lowest BCUT2D eigenvalue weighted by Crippen LogP contribution is -2.22. The van der Waals surface area contributed by atoms with Gasteiger partial charge in [-0.3, -0.25) is 14.9 Å². The van der Waals surface area contributed by atoms with Gasteiger partial charge in [-0.05, 0) is 24.5 Å². The van der Waals surface area contributed by atoms with E-state index in [0.717, 1.165) is 18.9 Å². The predicted octanol–water partition coefficient (Wildman–Crippen LogP) is 2.90. The van der Waals surface area contributed by atoms with Crippen molar-refractivity contribution in [1.82, 2.24) is 4.90 Å². The Morgan fingerprint density at radius 1 is 1.43 bits per heavy atom. The van der Waals surface area contributed by atoms with Crippen LogP contribution < -0.4 is 5.32 Å². The lowest BCUT2D eigenvalue weighted by molar-refractivity contribution is -0.384. The van der Waals surface area contributed by atoms with Gasteiger partial charge in [0.2, 0.25) is 0 Å². The Labute approximate surface area is 124 Å². The smallest absolute Gasteiger partial charge is 0.293 e. The van der Waals surface area contributed by atoms with Crippen LogP contribution in [-0.2, 0) is 0 Å². The Hall–Kier alpha value is -2.11. The van der Waals surface area contributed by atoms with Gasteiger partial charge in [0, 0.05) is 32.3 Å². The van der Waals surface area contributed by atoms with Crippen LogP contribution in [0.2, 0.25) is 0 Å². The summed E-state index contributed by atoms with van der Waals surface area (Å²) >= 11 is 0. The van der Waals surface area contributed by atoms with Crippen LogP contribution in [0.1, 0.15) is 36.0 Å². The first-order valence-electron chi connectivity index (χ1n) is 7.23. The van der Waals surface area contributed by atoms with Crippen molar-refractivity contribution in [2.24, 2.45) is 5.92 Å². The van der Waals surface area contributed by atoms with E-state index in [1.807, 2.05) is 0 Å². The topological polar surface area (TPSA) is 75.5 Å². The second-order valence-electron chi connectivity index (χ2n) is 5.70. The maximum absolute atomic E-state index is 11.9. The summed E-state index contributed by atoms with van der Waals surface area (Å²) in [5, 5.41) is 14.3. The number of nitro benzene ring substituents is 1. The van der Waals surface area contributed by atoms with Gasteiger partial charge >= 0.3 is 0 Å². The first-order valence-corrected chi connectivity index (χ1v) is 7.23. The molecule has 1 aromatic carbocycles. The summed E-state index contributed by atoms with van der Waals surface area (Å²) < 4.78 is 0. The van der Waals surface area contributed by atoms with Crippen LogP contribution >= 0.6 is 0 Å². The van der Waals surface area contributed by atoms with Crippen molar-refractivity contribution >= 4 is 17.3 Å². The molecule has 1 N–H and O–H groups in total. The highest BCUT2D eigenvalue weighted by molar-refractivity contribution is 5.95. The highest BCUT2D eigenvalue weighted by Crippen LogP contribution is 2.30. The van der Waals surface area contributed by atoms with Crippen LogP contribution in [-0.4, -0.2) is 36.4 Å². The number of nitro groups is 1. The summed E-state index contributed by atoms with van der Waals surface area (Å²) in [4.78, 5) is 24.0. The quantitative estimate of drug-likeness (QED) is 0.646. The van der Waals surface area contributed by atoms with Crippen molar-refractivity contribution in [1.29, 1.82) is 0 Å². The number of nitrogens with zero attached hydrogens (tertiary/aromatic N) is 2. The third kappa shape index (κ3) is 3.71. The van der Waals surface area contributed by atoms with Crippen LogP contribution in [0.15, 0.2) is 18.2 Å². The number of rotatable bonds is 6. The van der Waals surface area contributed by atoms with E-state index in [-0.39, 0.29) is 11.6 Å². The van der Waals surface area contributed by atoms with Crippen LogP contribution in [0.25, 0.3) is 0 Å². The first kappa shape index (κ1) is 15.3. The van der Waals surface area contributed by atoms with Crippen LogP contribution in [0.4, 0.5) is 11.4 Å². The zero-order valence-electron chi connectivity index (χ0n) is 12.5. The van der Waals surface area contributed by atoms with Crippen molar-refractivity contribution in [3.63, 3.8) is 0 Å². The molecule has 1 aliphatic rings. The van der Waals surface area contributed by atoms with Gasteiger partial charge in [0.15, 0.2) is 0 Å². The molecule has 0 bridgehead atoms. The van der Waals surface area contributed by atoms with E-state index < -0.39 is 4.92 Å². The van der Waals surface area contributed by atoms with Gasteiger partial charge < -0.3 is 10.2 Å². The molecule has 1 fully saturated rings. The van der Waals surface area contributed by atoms with Crippen LogP contribution in [0.5, 0.6) is 0 Å². The SMILES string of the molecule is CN(C)C(=O)c1ccc(NCCC2CCC2)c([N+](=O)[O-])c1. The minimum absolute atomic E-state index is 0.0451. The van der Waals surface area contributed by atoms with Gasteiger partial charge in [0.05, 0.1) is 4.92 Å². The number of nitrogens with one attached hydrogen (secondary N) is 1. The highest BCUT2D eigenvalue weighted by atomic mass is 16.6. The molecule has 0 aliphatic heterocycles. The summed E-state index contributed by atoms with van der Waals surface area (Å²) in [6.45, 7) is 0.729. The van der Waals surface area contributed by atoms with Gasteiger partial charge in [-0.2, -0.15) is 0 Å². The average Bonchev–Trinajstić information content (AvgIpc) is 2.40. The Bertz CT molecular complexity index is 539. The standard InChI is InChI=1S/C15H21N3O3/c1-17(2)15(19)12-6-7-13(14(10-12)18(20)21)16-9-8-11-4-3-5-11/h6-7,10-11,16H,3-5,8-9H2,1-2H3. The third-order valence-electron chi connectivity index (χ3n) is 3.94. The lowest BCUT2D eigenvalue weighted by Gasteiger charge is -2.25. The van der Waals surface area contributed by atoms with Crippen LogP contribution in [0, 0.1) is 16.0 Å². The fourth-order valence-corrected chi connectivity index (χ4v) is 2.42. The highest BCUT2D eigenvalue weighted by Gasteiger charge is 2.20. The molecule has 1 amide bonds. The Morgan fingerprint density at radius 2 is 2.14 bits per heavy atom. The predicted molar refractivity (Wildman–Crippen MR) is 81.6 cm³/mol. The molecule has 0 unspecified atom stereocenters. The fraction of sp³-hybridized carbons (Fsp3) is 0.533. The van der Waals surface area contributed by atoms with Gasteiger partial charge in [-0.15, -0.1) is 0 Å². The molecule has 0 spiro atoms. The van der Waals surface area contributed by atoms with Crippen molar-refractivity contribution in [3.05, 3.63) is 33.9 Å². The van der Waals surface area contributed by atoms with E-state index in [2.05, 4.69) is 5.32 Å². The van der Waals surface area contributed by atoms with E-state index in [1.54, 1.807) is 26.2 Å². The second-order valence-corrected chi connectivity index (χ2v) is 5.70. The van der Waals surface area contributed by atoms with E-state index in [1.165, 1.54) is 30.2 Å². The van der Waals surface area contributed by atoms with Gasteiger partial charge in [0.25, 0.3) is 11.6 Å². The summed E-state index contributed by atoms with van der Waals surface area (Å²) in [6, 6.07) is 4.59. The number of carbonyl (C=O) groups is 1. The molecule has 0 atom stereocenters. The number of carbonyl (C=O) groups excluding carboxylic acids is 1. The third-order valence-corrected chi connectivity index (χ3v) is 3.94. The number of anilines is 1. The average molecular weight is 291 g/mol. The number of hydrogen-bond acceptors (Lipinski definition) is 4. The maximum Gasteiger partial charge on any atom is 0.293 e. The maximum atomic E-state index is 11.9. The molecule has 0 aromatic heterocycles. The number of hydrogen-bond donors (Lipinski definition) is 1. The van der Waals surface area contributed by atoms with Crippen molar-refractivity contribution < 1.29 is 9.72 Å². The lowest BCUT2D eigenvalue weighted by atomic mass is 9.83. The van der Waals surface area contributed by atoms with Crippen LogP contribution in [0.3, 0.4) is 0 Å². The molecule has 1 aliphatic carbocycles. The summed E-state index contributed by atoms with van der Waals surface area (Å²) in [5.41, 5.74) is 0.766. The zero-order chi connectivity index (χ0) is 15.4. The Kier molecular flexibility index (Phi) is 4.77. The molecule has 1 saturated carbocycles. The van der Waals surface area contributed by atoms with E-state index in [4.69, 9.17) is 0 Å². The van der Waals surface area contributed by atoms with E-state index >= 15 is 0 Å².